The number of carbonyl (C=O) groups is 1. The monoisotopic (exact) mass is 305 g/mol. The Morgan fingerprint density at radius 2 is 2.15 bits per heavy atom. The molecule has 0 radical (unpaired) electrons. The number of hydrogen-bond donors (Lipinski definition) is 1. The molecule has 0 saturated carbocycles. The quantitative estimate of drug-likeness (QED) is 0.869. The SMILES string of the molecule is Cc1cc(OC(F)(F)F)ccc1N1CC(CS)CC1=O. The van der Waals surface area contributed by atoms with Crippen LogP contribution in [0.25, 0.3) is 0 Å². The molecule has 0 aliphatic carbocycles. The zero-order valence-corrected chi connectivity index (χ0v) is 11.7. The number of ether oxygens (including phenoxy) is 1. The Morgan fingerprint density at radius 1 is 1.45 bits per heavy atom. The van der Waals surface area contributed by atoms with Crippen molar-refractivity contribution >= 4 is 24.2 Å². The fourth-order valence-electron chi connectivity index (χ4n) is 2.26. The Labute approximate surface area is 120 Å². The predicted molar refractivity (Wildman–Crippen MR) is 72.2 cm³/mol. The normalized spacial score (nSPS) is 19.6. The van der Waals surface area contributed by atoms with Crippen LogP contribution in [0.4, 0.5) is 18.9 Å². The first-order valence-electron chi connectivity index (χ1n) is 6.08. The number of benzene rings is 1. The molecule has 20 heavy (non-hydrogen) atoms. The molecule has 1 amide bonds. The molecule has 110 valence electrons. The molecule has 1 unspecified atom stereocenters. The molecule has 1 fully saturated rings. The molecule has 0 N–H and O–H groups in total. The molecule has 1 aromatic rings. The molecule has 1 aromatic carbocycles. The van der Waals surface area contributed by atoms with Crippen molar-refractivity contribution in [2.24, 2.45) is 5.92 Å². The summed E-state index contributed by atoms with van der Waals surface area (Å²) in [5.74, 6) is 0.473. The third kappa shape index (κ3) is 3.39. The van der Waals surface area contributed by atoms with Crippen LogP contribution in [0.2, 0.25) is 0 Å². The lowest BCUT2D eigenvalue weighted by molar-refractivity contribution is -0.274. The minimum absolute atomic E-state index is 0.0309. The Hall–Kier alpha value is -1.37. The molecule has 1 saturated heterocycles. The summed E-state index contributed by atoms with van der Waals surface area (Å²) in [4.78, 5) is 13.5. The van der Waals surface area contributed by atoms with Crippen LogP contribution >= 0.6 is 12.6 Å². The number of carbonyl (C=O) groups excluding carboxylic acids is 1. The maximum Gasteiger partial charge on any atom is 0.573 e. The van der Waals surface area contributed by atoms with Crippen LogP contribution in [0, 0.1) is 12.8 Å². The van der Waals surface area contributed by atoms with Crippen molar-refractivity contribution in [2.45, 2.75) is 19.7 Å². The number of hydrogen-bond acceptors (Lipinski definition) is 3. The number of thiol groups is 1. The maximum absolute atomic E-state index is 12.1. The summed E-state index contributed by atoms with van der Waals surface area (Å²) in [6.45, 7) is 2.20. The van der Waals surface area contributed by atoms with Crippen LogP contribution in [0.15, 0.2) is 18.2 Å². The highest BCUT2D eigenvalue weighted by Gasteiger charge is 2.33. The lowest BCUT2D eigenvalue weighted by Crippen LogP contribution is -2.25. The smallest absolute Gasteiger partial charge is 0.406 e. The van der Waals surface area contributed by atoms with E-state index in [0.29, 0.717) is 30.0 Å². The van der Waals surface area contributed by atoms with E-state index in [1.165, 1.54) is 18.2 Å². The average molecular weight is 305 g/mol. The summed E-state index contributed by atoms with van der Waals surface area (Å²) in [6, 6.07) is 3.98. The fourth-order valence-corrected chi connectivity index (χ4v) is 2.51. The van der Waals surface area contributed by atoms with E-state index in [1.54, 1.807) is 11.8 Å². The molecule has 1 heterocycles. The molecule has 3 nitrogen and oxygen atoms in total. The maximum atomic E-state index is 12.1. The van der Waals surface area contributed by atoms with Gasteiger partial charge >= 0.3 is 6.36 Å². The van der Waals surface area contributed by atoms with Gasteiger partial charge in [-0.3, -0.25) is 4.79 Å². The highest BCUT2D eigenvalue weighted by atomic mass is 32.1. The molecule has 0 spiro atoms. The van der Waals surface area contributed by atoms with Crippen molar-refractivity contribution in [2.75, 3.05) is 17.2 Å². The second-order valence-electron chi connectivity index (χ2n) is 4.75. The molecule has 1 aliphatic rings. The standard InChI is InChI=1S/C13H14F3NO2S/c1-8-4-10(19-13(14,15)16)2-3-11(8)17-6-9(7-20)5-12(17)18/h2-4,9,20H,5-7H2,1H3. The van der Waals surface area contributed by atoms with E-state index in [9.17, 15) is 18.0 Å². The van der Waals surface area contributed by atoms with Gasteiger partial charge in [0.15, 0.2) is 0 Å². The number of halogens is 3. The van der Waals surface area contributed by atoms with Crippen LogP contribution < -0.4 is 9.64 Å². The Balaban J connectivity index is 2.20. The van der Waals surface area contributed by atoms with Gasteiger partial charge in [-0.05, 0) is 42.4 Å². The lowest BCUT2D eigenvalue weighted by atomic mass is 10.1. The summed E-state index contributed by atoms with van der Waals surface area (Å²) < 4.78 is 40.3. The van der Waals surface area contributed by atoms with Crippen molar-refractivity contribution in [3.8, 4) is 5.75 Å². The Kier molecular flexibility index (Phi) is 4.17. The van der Waals surface area contributed by atoms with Gasteiger partial charge in [0.25, 0.3) is 0 Å². The third-order valence-electron chi connectivity index (χ3n) is 3.16. The van der Waals surface area contributed by atoms with E-state index >= 15 is 0 Å². The summed E-state index contributed by atoms with van der Waals surface area (Å²) >= 11 is 4.17. The van der Waals surface area contributed by atoms with E-state index in [0.717, 1.165) is 0 Å². The van der Waals surface area contributed by atoms with E-state index in [1.807, 2.05) is 0 Å². The fraction of sp³-hybridized carbons (Fsp3) is 0.462. The zero-order chi connectivity index (χ0) is 14.9. The van der Waals surface area contributed by atoms with Crippen LogP contribution in [0.3, 0.4) is 0 Å². The summed E-state index contributed by atoms with van der Waals surface area (Å²) in [6.07, 6.45) is -4.29. The summed E-state index contributed by atoms with van der Waals surface area (Å²) in [7, 11) is 0. The first kappa shape index (κ1) is 15.0. The minimum Gasteiger partial charge on any atom is -0.406 e. The van der Waals surface area contributed by atoms with Crippen molar-refractivity contribution in [3.63, 3.8) is 0 Å². The van der Waals surface area contributed by atoms with Gasteiger partial charge in [-0.2, -0.15) is 12.6 Å². The van der Waals surface area contributed by atoms with Gasteiger partial charge in [-0.1, -0.05) is 0 Å². The number of amides is 1. The first-order valence-corrected chi connectivity index (χ1v) is 6.71. The lowest BCUT2D eigenvalue weighted by Gasteiger charge is -2.20. The predicted octanol–water partition coefficient (Wildman–Crippen LogP) is 3.18. The van der Waals surface area contributed by atoms with Crippen LogP contribution in [0.1, 0.15) is 12.0 Å². The molecule has 1 atom stereocenters. The van der Waals surface area contributed by atoms with Gasteiger partial charge in [0.1, 0.15) is 5.75 Å². The molecule has 2 rings (SSSR count). The molecule has 7 heteroatoms. The van der Waals surface area contributed by atoms with Gasteiger partial charge in [0, 0.05) is 18.7 Å². The number of alkyl halides is 3. The van der Waals surface area contributed by atoms with Crippen molar-refractivity contribution in [3.05, 3.63) is 23.8 Å². The highest BCUT2D eigenvalue weighted by molar-refractivity contribution is 7.80. The van der Waals surface area contributed by atoms with E-state index in [4.69, 9.17) is 0 Å². The molecule has 0 bridgehead atoms. The van der Waals surface area contributed by atoms with E-state index in [2.05, 4.69) is 17.4 Å². The van der Waals surface area contributed by atoms with Gasteiger partial charge in [-0.25, -0.2) is 0 Å². The van der Waals surface area contributed by atoms with Crippen molar-refractivity contribution in [1.29, 1.82) is 0 Å². The number of rotatable bonds is 3. The van der Waals surface area contributed by atoms with Crippen molar-refractivity contribution < 1.29 is 22.7 Å². The zero-order valence-electron chi connectivity index (χ0n) is 10.8. The first-order chi connectivity index (χ1) is 9.30. The molecule has 0 aromatic heterocycles. The third-order valence-corrected chi connectivity index (χ3v) is 3.67. The molecular weight excluding hydrogens is 291 g/mol. The van der Waals surface area contributed by atoms with Gasteiger partial charge in [-0.15, -0.1) is 13.2 Å². The minimum atomic E-state index is -4.71. The van der Waals surface area contributed by atoms with E-state index in [-0.39, 0.29) is 17.6 Å². The van der Waals surface area contributed by atoms with Crippen molar-refractivity contribution in [1.82, 2.24) is 0 Å². The van der Waals surface area contributed by atoms with Crippen LogP contribution in [-0.2, 0) is 4.79 Å². The average Bonchev–Trinajstić information content (AvgIpc) is 2.69. The second-order valence-corrected chi connectivity index (χ2v) is 5.12. The Bertz CT molecular complexity index is 519. The summed E-state index contributed by atoms with van der Waals surface area (Å²) in [5, 5.41) is 0. The largest absolute Gasteiger partial charge is 0.573 e. The van der Waals surface area contributed by atoms with E-state index < -0.39 is 6.36 Å². The van der Waals surface area contributed by atoms with Gasteiger partial charge in [0.2, 0.25) is 5.91 Å². The molecule has 1 aliphatic heterocycles. The number of anilines is 1. The highest BCUT2D eigenvalue weighted by Crippen LogP contribution is 2.32. The Morgan fingerprint density at radius 3 is 2.65 bits per heavy atom. The topological polar surface area (TPSA) is 29.5 Å². The van der Waals surface area contributed by atoms with Gasteiger partial charge in [0.05, 0.1) is 0 Å². The van der Waals surface area contributed by atoms with Gasteiger partial charge < -0.3 is 9.64 Å². The molecular formula is C13H14F3NO2S. The van der Waals surface area contributed by atoms with Crippen LogP contribution in [0.5, 0.6) is 5.75 Å². The number of aryl methyl sites for hydroxylation is 1. The van der Waals surface area contributed by atoms with Crippen LogP contribution in [-0.4, -0.2) is 24.6 Å². The number of nitrogens with zero attached hydrogens (tertiary/aromatic N) is 1. The second kappa shape index (κ2) is 5.55. The summed E-state index contributed by atoms with van der Waals surface area (Å²) in [5.41, 5.74) is 1.19.